The zero-order valence-corrected chi connectivity index (χ0v) is 16.2. The second kappa shape index (κ2) is 6.27. The van der Waals surface area contributed by atoms with Crippen LogP contribution in [0.15, 0.2) is 24.7 Å². The summed E-state index contributed by atoms with van der Waals surface area (Å²) in [7, 11) is 0. The number of carbonyl (C=O) groups excluding carboxylic acids is 1. The predicted molar refractivity (Wildman–Crippen MR) is 105 cm³/mol. The number of fused-ring (bicyclic) bond motifs is 1. The van der Waals surface area contributed by atoms with Crippen LogP contribution < -0.4 is 0 Å². The van der Waals surface area contributed by atoms with Gasteiger partial charge in [0, 0.05) is 43.2 Å². The van der Waals surface area contributed by atoms with Gasteiger partial charge in [0.2, 0.25) is 0 Å². The number of aromatic amines is 2. The Morgan fingerprint density at radius 2 is 2.07 bits per heavy atom. The van der Waals surface area contributed by atoms with Crippen molar-refractivity contribution >= 4 is 17.1 Å². The van der Waals surface area contributed by atoms with Crippen LogP contribution in [0.4, 0.5) is 4.79 Å². The molecule has 2 N–H and O–H groups in total. The van der Waals surface area contributed by atoms with E-state index in [0.717, 1.165) is 61.6 Å². The first-order chi connectivity index (χ1) is 14.2. The maximum atomic E-state index is 12.8. The first-order valence-corrected chi connectivity index (χ1v) is 10.4. The molecule has 1 saturated carbocycles. The largest absolute Gasteiger partial charge is 0.324 e. The molecule has 9 nitrogen and oxygen atoms in total. The van der Waals surface area contributed by atoms with Gasteiger partial charge in [0.1, 0.15) is 17.7 Å². The van der Waals surface area contributed by atoms with Gasteiger partial charge in [0.15, 0.2) is 0 Å². The molecule has 3 fully saturated rings. The summed E-state index contributed by atoms with van der Waals surface area (Å²) in [6, 6.07) is 4.35. The maximum Gasteiger partial charge on any atom is 0.320 e. The van der Waals surface area contributed by atoms with Crippen LogP contribution in [0.5, 0.6) is 0 Å². The van der Waals surface area contributed by atoms with Crippen molar-refractivity contribution in [2.45, 2.75) is 31.6 Å². The van der Waals surface area contributed by atoms with E-state index in [1.807, 2.05) is 9.80 Å². The molecule has 29 heavy (non-hydrogen) atoms. The highest BCUT2D eigenvalue weighted by Gasteiger charge is 2.54. The minimum absolute atomic E-state index is 0.188. The van der Waals surface area contributed by atoms with E-state index >= 15 is 0 Å². The number of H-pyrrole nitrogens is 2. The number of pyridine rings is 1. The summed E-state index contributed by atoms with van der Waals surface area (Å²) in [4.78, 5) is 25.8. The van der Waals surface area contributed by atoms with E-state index in [2.05, 4.69) is 37.5 Å². The van der Waals surface area contributed by atoms with Gasteiger partial charge in [-0.05, 0) is 43.7 Å². The van der Waals surface area contributed by atoms with Crippen LogP contribution >= 0.6 is 0 Å². The topological polar surface area (TPSA) is 107 Å². The number of hydrogen-bond acceptors (Lipinski definition) is 5. The van der Waals surface area contributed by atoms with E-state index in [1.165, 1.54) is 19.2 Å². The Morgan fingerprint density at radius 1 is 1.17 bits per heavy atom. The number of rotatable bonds is 3. The highest BCUT2D eigenvalue weighted by molar-refractivity contribution is 5.76. The second-order valence-corrected chi connectivity index (χ2v) is 9.02. The molecule has 2 aliphatic heterocycles. The quantitative estimate of drug-likeness (QED) is 0.708. The predicted octanol–water partition coefficient (Wildman–Crippen LogP) is 1.94. The summed E-state index contributed by atoms with van der Waals surface area (Å²) in [5.74, 6) is 1.85. The first kappa shape index (κ1) is 16.9. The second-order valence-electron chi connectivity index (χ2n) is 9.02. The van der Waals surface area contributed by atoms with Gasteiger partial charge in [-0.25, -0.2) is 14.8 Å². The molecule has 3 aromatic rings. The van der Waals surface area contributed by atoms with E-state index in [-0.39, 0.29) is 11.9 Å². The molecule has 1 spiro atoms. The molecule has 3 aliphatic rings. The molecular weight excluding hydrogens is 368 g/mol. The van der Waals surface area contributed by atoms with Gasteiger partial charge in [-0.15, -0.1) is 0 Å². The zero-order valence-electron chi connectivity index (χ0n) is 16.2. The number of aromatic nitrogens is 6. The minimum atomic E-state index is 0.188. The highest BCUT2D eigenvalue weighted by atomic mass is 16.2. The Kier molecular flexibility index (Phi) is 3.66. The number of likely N-dealkylation sites (tertiary alicyclic amines) is 2. The third-order valence-corrected chi connectivity index (χ3v) is 6.90. The third-order valence-electron chi connectivity index (χ3n) is 6.90. The van der Waals surface area contributed by atoms with Crippen molar-refractivity contribution < 1.29 is 4.79 Å². The van der Waals surface area contributed by atoms with E-state index in [1.54, 1.807) is 6.20 Å². The molecule has 2 saturated heterocycles. The van der Waals surface area contributed by atoms with Gasteiger partial charge in [-0.3, -0.25) is 10.2 Å². The molecule has 1 atom stereocenters. The van der Waals surface area contributed by atoms with E-state index in [9.17, 15) is 4.79 Å². The van der Waals surface area contributed by atoms with Crippen LogP contribution in [0.1, 0.15) is 36.7 Å². The smallest absolute Gasteiger partial charge is 0.320 e. The van der Waals surface area contributed by atoms with Gasteiger partial charge < -0.3 is 9.80 Å². The van der Waals surface area contributed by atoms with Crippen LogP contribution in [-0.4, -0.2) is 72.4 Å². The van der Waals surface area contributed by atoms with Gasteiger partial charge in [-0.2, -0.15) is 10.2 Å². The fraction of sp³-hybridized carbons (Fsp3) is 0.550. The maximum absolute atomic E-state index is 12.8. The van der Waals surface area contributed by atoms with E-state index in [4.69, 9.17) is 4.98 Å². The number of urea groups is 1. The van der Waals surface area contributed by atoms with Crippen molar-refractivity contribution in [3.63, 3.8) is 0 Å². The molecule has 0 aromatic carbocycles. The van der Waals surface area contributed by atoms with Crippen molar-refractivity contribution in [3.05, 3.63) is 36.2 Å². The molecule has 2 amide bonds. The SMILES string of the molecule is O=C(N1CC[C@H](c2ncn[nH]2)C1)N1CC2(CC(Cc3ccc4[nH]ncc4n3)C2)C1. The third kappa shape index (κ3) is 2.87. The molecule has 9 heteroatoms. The molecule has 3 aromatic heterocycles. The van der Waals surface area contributed by atoms with Gasteiger partial charge >= 0.3 is 6.03 Å². The summed E-state index contributed by atoms with van der Waals surface area (Å²) in [6.45, 7) is 3.35. The molecule has 6 rings (SSSR count). The number of nitrogens with one attached hydrogen (secondary N) is 2. The number of carbonyl (C=O) groups is 1. The lowest BCUT2D eigenvalue weighted by Gasteiger charge is -2.59. The normalized spacial score (nSPS) is 23.5. The fourth-order valence-electron chi connectivity index (χ4n) is 5.52. The Labute approximate surface area is 167 Å². The molecule has 1 aliphatic carbocycles. The summed E-state index contributed by atoms with van der Waals surface area (Å²) in [5, 5.41) is 13.9. The number of hydrogen-bond donors (Lipinski definition) is 2. The standard InChI is InChI=1S/C20H24N8O/c29-19(27-4-3-14(9-27)18-21-12-23-26-18)28-10-20(11-28)6-13(7-20)5-15-1-2-16-17(24-15)8-22-25-16/h1-2,8,12-14H,3-7,9-11H2,(H,22,25)(H,21,23,26)/t14-/m0/s1. The highest BCUT2D eigenvalue weighted by Crippen LogP contribution is 2.53. The summed E-state index contributed by atoms with van der Waals surface area (Å²) < 4.78 is 0. The first-order valence-electron chi connectivity index (χ1n) is 10.4. The monoisotopic (exact) mass is 392 g/mol. The van der Waals surface area contributed by atoms with Crippen LogP contribution in [0.3, 0.4) is 0 Å². The fourth-order valence-corrected chi connectivity index (χ4v) is 5.52. The van der Waals surface area contributed by atoms with E-state index in [0.29, 0.717) is 11.3 Å². The van der Waals surface area contributed by atoms with Crippen LogP contribution in [0.2, 0.25) is 0 Å². The molecule has 5 heterocycles. The van der Waals surface area contributed by atoms with Gasteiger partial charge in [0.05, 0.1) is 11.7 Å². The van der Waals surface area contributed by atoms with Crippen molar-refractivity contribution in [1.82, 2.24) is 40.2 Å². The Balaban J connectivity index is 0.999. The van der Waals surface area contributed by atoms with Gasteiger partial charge in [-0.1, -0.05) is 0 Å². The molecular formula is C20H24N8O. The van der Waals surface area contributed by atoms with Gasteiger partial charge in [0.25, 0.3) is 0 Å². The lowest BCUT2D eigenvalue weighted by Crippen LogP contribution is -2.65. The van der Waals surface area contributed by atoms with Crippen LogP contribution in [-0.2, 0) is 6.42 Å². The van der Waals surface area contributed by atoms with E-state index < -0.39 is 0 Å². The minimum Gasteiger partial charge on any atom is -0.324 e. The van der Waals surface area contributed by atoms with Crippen LogP contribution in [0, 0.1) is 11.3 Å². The molecule has 0 unspecified atom stereocenters. The van der Waals surface area contributed by atoms with Crippen molar-refractivity contribution in [1.29, 1.82) is 0 Å². The van der Waals surface area contributed by atoms with Crippen molar-refractivity contribution in [3.8, 4) is 0 Å². The molecule has 150 valence electrons. The van der Waals surface area contributed by atoms with Crippen molar-refractivity contribution in [2.24, 2.45) is 11.3 Å². The average Bonchev–Trinajstić information content (AvgIpc) is 3.42. The molecule has 0 radical (unpaired) electrons. The zero-order chi connectivity index (χ0) is 19.4. The van der Waals surface area contributed by atoms with Crippen LogP contribution in [0.25, 0.3) is 11.0 Å². The number of nitrogens with zero attached hydrogens (tertiary/aromatic N) is 6. The Hall–Kier alpha value is -2.97. The summed E-state index contributed by atoms with van der Waals surface area (Å²) in [5.41, 5.74) is 3.41. The Bertz CT molecular complexity index is 1030. The summed E-state index contributed by atoms with van der Waals surface area (Å²) >= 11 is 0. The average molecular weight is 392 g/mol. The summed E-state index contributed by atoms with van der Waals surface area (Å²) in [6.07, 6.45) is 7.68. The lowest BCUT2D eigenvalue weighted by atomic mass is 9.57. The molecule has 0 bridgehead atoms. The Morgan fingerprint density at radius 3 is 2.90 bits per heavy atom. The lowest BCUT2D eigenvalue weighted by molar-refractivity contribution is -0.0755. The number of amides is 2. The van der Waals surface area contributed by atoms with Crippen molar-refractivity contribution in [2.75, 3.05) is 26.2 Å².